The fourth-order valence-corrected chi connectivity index (χ4v) is 2.57. The number of imidazole rings is 1. The highest BCUT2D eigenvalue weighted by molar-refractivity contribution is 5.41. The molecule has 1 fully saturated rings. The number of hydrogen-bond acceptors (Lipinski definition) is 2. The zero-order valence-corrected chi connectivity index (χ0v) is 9.87. The Morgan fingerprint density at radius 3 is 2.75 bits per heavy atom. The van der Waals surface area contributed by atoms with Crippen molar-refractivity contribution in [2.45, 2.75) is 51.5 Å². The summed E-state index contributed by atoms with van der Waals surface area (Å²) in [6.07, 6.45) is 11.3. The zero-order chi connectivity index (χ0) is 11.5. The third-order valence-electron chi connectivity index (χ3n) is 3.42. The lowest BCUT2D eigenvalue weighted by Crippen LogP contribution is -2.06. The number of rotatable bonds is 3. The first-order valence-electron chi connectivity index (χ1n) is 6.06. The van der Waals surface area contributed by atoms with Crippen LogP contribution in [-0.4, -0.2) is 9.55 Å². The van der Waals surface area contributed by atoms with Gasteiger partial charge in [0, 0.05) is 12.3 Å². The molecule has 16 heavy (non-hydrogen) atoms. The number of anilines is 1. The van der Waals surface area contributed by atoms with Crippen molar-refractivity contribution in [3.05, 3.63) is 11.5 Å². The second kappa shape index (κ2) is 4.61. The number of nitrogen functional groups attached to an aromatic ring is 1. The van der Waals surface area contributed by atoms with Crippen LogP contribution in [0, 0.1) is 12.3 Å². The molecule has 1 saturated carbocycles. The van der Waals surface area contributed by atoms with Gasteiger partial charge in [-0.05, 0) is 12.8 Å². The van der Waals surface area contributed by atoms with E-state index >= 15 is 0 Å². The fraction of sp³-hybridized carbons (Fsp3) is 0.615. The van der Waals surface area contributed by atoms with Gasteiger partial charge in [-0.25, -0.2) is 4.98 Å². The van der Waals surface area contributed by atoms with Crippen LogP contribution in [0.25, 0.3) is 0 Å². The standard InChI is InChI=1S/C13H19N3/c1-3-9-16-11(4-2)15-12(13(16)14)10-7-5-6-8-10/h1,10H,4-9,14H2,2H3. The Bertz CT molecular complexity index is 406. The van der Waals surface area contributed by atoms with Crippen molar-refractivity contribution in [1.82, 2.24) is 9.55 Å². The molecule has 2 N–H and O–H groups in total. The third kappa shape index (κ3) is 1.80. The molecular formula is C13H19N3. The molecule has 0 aliphatic heterocycles. The number of nitrogens with zero attached hydrogens (tertiary/aromatic N) is 2. The van der Waals surface area contributed by atoms with Gasteiger partial charge in [-0.1, -0.05) is 25.7 Å². The van der Waals surface area contributed by atoms with Gasteiger partial charge in [-0.2, -0.15) is 0 Å². The molecule has 1 aliphatic rings. The quantitative estimate of drug-likeness (QED) is 0.790. The zero-order valence-electron chi connectivity index (χ0n) is 9.87. The number of nitrogens with two attached hydrogens (primary N) is 1. The van der Waals surface area contributed by atoms with Crippen LogP contribution in [-0.2, 0) is 13.0 Å². The molecular weight excluding hydrogens is 198 g/mol. The molecule has 2 rings (SSSR count). The Labute approximate surface area is 97.1 Å². The van der Waals surface area contributed by atoms with Crippen LogP contribution in [0.2, 0.25) is 0 Å². The van der Waals surface area contributed by atoms with Crippen LogP contribution in [0.5, 0.6) is 0 Å². The average molecular weight is 217 g/mol. The maximum Gasteiger partial charge on any atom is 0.127 e. The Balaban J connectivity index is 2.35. The summed E-state index contributed by atoms with van der Waals surface area (Å²) in [4.78, 5) is 4.67. The first-order chi connectivity index (χ1) is 7.77. The monoisotopic (exact) mass is 217 g/mol. The van der Waals surface area contributed by atoms with E-state index in [0.717, 1.165) is 23.8 Å². The average Bonchev–Trinajstić information content (AvgIpc) is 2.89. The van der Waals surface area contributed by atoms with Crippen LogP contribution in [0.4, 0.5) is 5.82 Å². The summed E-state index contributed by atoms with van der Waals surface area (Å²) in [5, 5.41) is 0. The molecule has 1 aliphatic carbocycles. The summed E-state index contributed by atoms with van der Waals surface area (Å²) in [7, 11) is 0. The van der Waals surface area contributed by atoms with Gasteiger partial charge in [-0.3, -0.25) is 0 Å². The van der Waals surface area contributed by atoms with Crippen LogP contribution >= 0.6 is 0 Å². The minimum Gasteiger partial charge on any atom is -0.384 e. The molecule has 3 heteroatoms. The Morgan fingerprint density at radius 2 is 2.19 bits per heavy atom. The number of hydrogen-bond donors (Lipinski definition) is 1. The third-order valence-corrected chi connectivity index (χ3v) is 3.42. The minimum atomic E-state index is 0.536. The molecule has 86 valence electrons. The molecule has 0 spiro atoms. The first-order valence-corrected chi connectivity index (χ1v) is 6.06. The maximum atomic E-state index is 6.15. The Morgan fingerprint density at radius 1 is 1.50 bits per heavy atom. The summed E-state index contributed by atoms with van der Waals surface area (Å²) in [5.74, 6) is 5.02. The predicted molar refractivity (Wildman–Crippen MR) is 66.1 cm³/mol. The molecule has 0 atom stereocenters. The van der Waals surface area contributed by atoms with E-state index in [2.05, 4.69) is 17.8 Å². The SMILES string of the molecule is C#CCn1c(CC)nc(C2CCCC2)c1N. The molecule has 0 aromatic carbocycles. The second-order valence-electron chi connectivity index (χ2n) is 4.42. The molecule has 0 unspecified atom stereocenters. The fourth-order valence-electron chi connectivity index (χ4n) is 2.57. The first kappa shape index (κ1) is 11.1. The molecule has 1 aromatic heterocycles. The number of aryl methyl sites for hydroxylation is 1. The molecule has 0 bridgehead atoms. The van der Waals surface area contributed by atoms with E-state index in [4.69, 9.17) is 12.2 Å². The highest BCUT2D eigenvalue weighted by atomic mass is 15.1. The van der Waals surface area contributed by atoms with Gasteiger partial charge in [-0.15, -0.1) is 6.42 Å². The van der Waals surface area contributed by atoms with Crippen molar-refractivity contribution in [1.29, 1.82) is 0 Å². The number of terminal acetylenes is 1. The van der Waals surface area contributed by atoms with E-state index in [0.29, 0.717) is 12.5 Å². The molecule has 1 aromatic rings. The van der Waals surface area contributed by atoms with E-state index in [1.54, 1.807) is 0 Å². The van der Waals surface area contributed by atoms with Gasteiger partial charge >= 0.3 is 0 Å². The van der Waals surface area contributed by atoms with Gasteiger partial charge in [0.15, 0.2) is 0 Å². The Hall–Kier alpha value is -1.43. The molecule has 0 saturated heterocycles. The van der Waals surface area contributed by atoms with Crippen molar-refractivity contribution in [3.63, 3.8) is 0 Å². The predicted octanol–water partition coefficient (Wildman–Crippen LogP) is 2.32. The largest absolute Gasteiger partial charge is 0.384 e. The van der Waals surface area contributed by atoms with Crippen molar-refractivity contribution >= 4 is 5.82 Å². The van der Waals surface area contributed by atoms with Gasteiger partial charge in [0.25, 0.3) is 0 Å². The summed E-state index contributed by atoms with van der Waals surface area (Å²) in [6, 6.07) is 0. The summed E-state index contributed by atoms with van der Waals surface area (Å²) in [5.41, 5.74) is 7.24. The van der Waals surface area contributed by atoms with Crippen LogP contribution in [0.15, 0.2) is 0 Å². The smallest absolute Gasteiger partial charge is 0.127 e. The van der Waals surface area contributed by atoms with Crippen LogP contribution in [0.3, 0.4) is 0 Å². The molecule has 0 amide bonds. The summed E-state index contributed by atoms with van der Waals surface area (Å²) in [6.45, 7) is 2.63. The normalized spacial score (nSPS) is 16.5. The summed E-state index contributed by atoms with van der Waals surface area (Å²) < 4.78 is 1.98. The second-order valence-corrected chi connectivity index (χ2v) is 4.42. The molecule has 1 heterocycles. The lowest BCUT2D eigenvalue weighted by molar-refractivity contribution is 0.701. The highest BCUT2D eigenvalue weighted by Gasteiger charge is 2.24. The van der Waals surface area contributed by atoms with E-state index < -0.39 is 0 Å². The van der Waals surface area contributed by atoms with E-state index in [9.17, 15) is 0 Å². The van der Waals surface area contributed by atoms with E-state index in [1.165, 1.54) is 25.7 Å². The summed E-state index contributed by atoms with van der Waals surface area (Å²) >= 11 is 0. The Kier molecular flexibility index (Phi) is 3.19. The lowest BCUT2D eigenvalue weighted by atomic mass is 10.0. The van der Waals surface area contributed by atoms with Gasteiger partial charge < -0.3 is 10.3 Å². The van der Waals surface area contributed by atoms with Crippen molar-refractivity contribution in [3.8, 4) is 12.3 Å². The topological polar surface area (TPSA) is 43.8 Å². The van der Waals surface area contributed by atoms with E-state index in [-0.39, 0.29) is 0 Å². The van der Waals surface area contributed by atoms with Crippen LogP contribution < -0.4 is 5.73 Å². The molecule has 3 nitrogen and oxygen atoms in total. The highest BCUT2D eigenvalue weighted by Crippen LogP contribution is 2.36. The van der Waals surface area contributed by atoms with E-state index in [1.807, 2.05) is 4.57 Å². The molecule has 0 radical (unpaired) electrons. The van der Waals surface area contributed by atoms with Gasteiger partial charge in [0.2, 0.25) is 0 Å². The van der Waals surface area contributed by atoms with Crippen LogP contribution in [0.1, 0.15) is 50.0 Å². The van der Waals surface area contributed by atoms with Gasteiger partial charge in [0.1, 0.15) is 11.6 Å². The lowest BCUT2D eigenvalue weighted by Gasteiger charge is -2.07. The van der Waals surface area contributed by atoms with Crippen molar-refractivity contribution < 1.29 is 0 Å². The number of aromatic nitrogens is 2. The minimum absolute atomic E-state index is 0.536. The van der Waals surface area contributed by atoms with Crippen molar-refractivity contribution in [2.24, 2.45) is 0 Å². The van der Waals surface area contributed by atoms with Gasteiger partial charge in [0.05, 0.1) is 12.2 Å². The van der Waals surface area contributed by atoms with Crippen molar-refractivity contribution in [2.75, 3.05) is 5.73 Å². The maximum absolute atomic E-state index is 6.15.